The molecule has 0 atom stereocenters. The third-order valence-electron chi connectivity index (χ3n) is 1.91. The molecule has 0 aliphatic carbocycles. The molecule has 1 aromatic rings. The monoisotopic (exact) mass is 257 g/mol. The average molecular weight is 257 g/mol. The van der Waals surface area contributed by atoms with Gasteiger partial charge in [0.25, 0.3) is 0 Å². The van der Waals surface area contributed by atoms with E-state index in [0.717, 1.165) is 13.0 Å². The fraction of sp³-hybridized carbons (Fsp3) is 0.583. The Morgan fingerprint density at radius 2 is 2.25 bits per heavy atom. The molecule has 0 fully saturated rings. The summed E-state index contributed by atoms with van der Waals surface area (Å²) in [7, 11) is 0. The highest BCUT2D eigenvalue weighted by Gasteiger charge is 2.12. The third kappa shape index (κ3) is 6.18. The molecule has 1 aromatic heterocycles. The van der Waals surface area contributed by atoms with E-state index in [1.807, 2.05) is 6.07 Å². The molecule has 0 aliphatic heterocycles. The number of rotatable bonds is 5. The smallest absolute Gasteiger partial charge is 0.230 e. The summed E-state index contributed by atoms with van der Waals surface area (Å²) in [6.45, 7) is 7.10. The number of carbonyl (C=O) groups is 1. The first-order valence-corrected chi connectivity index (χ1v) is 7.27. The van der Waals surface area contributed by atoms with Crippen molar-refractivity contribution in [1.29, 1.82) is 0 Å². The highest BCUT2D eigenvalue weighted by molar-refractivity contribution is 8.01. The second kappa shape index (κ2) is 6.30. The zero-order valence-corrected chi connectivity index (χ0v) is 11.7. The summed E-state index contributed by atoms with van der Waals surface area (Å²) in [6, 6.07) is 4.14. The Morgan fingerprint density at radius 1 is 1.50 bits per heavy atom. The molecule has 1 rings (SSSR count). The minimum absolute atomic E-state index is 0.136. The summed E-state index contributed by atoms with van der Waals surface area (Å²) in [4.78, 5) is 12.8. The van der Waals surface area contributed by atoms with E-state index in [0.29, 0.717) is 5.75 Å². The molecule has 0 bridgehead atoms. The van der Waals surface area contributed by atoms with Gasteiger partial charge in [-0.2, -0.15) is 0 Å². The largest absolute Gasteiger partial charge is 0.355 e. The van der Waals surface area contributed by atoms with Crippen molar-refractivity contribution < 1.29 is 4.79 Å². The van der Waals surface area contributed by atoms with Crippen LogP contribution in [0.3, 0.4) is 0 Å². The van der Waals surface area contributed by atoms with Crippen LogP contribution in [-0.4, -0.2) is 23.0 Å². The quantitative estimate of drug-likeness (QED) is 0.878. The number of hydrogen-bond acceptors (Lipinski definition) is 3. The van der Waals surface area contributed by atoms with Crippen LogP contribution in [0.5, 0.6) is 0 Å². The summed E-state index contributed by atoms with van der Waals surface area (Å²) in [5, 5.41) is 5.00. The number of thiophene rings is 1. The Balaban J connectivity index is 2.11. The van der Waals surface area contributed by atoms with Gasteiger partial charge in [0.15, 0.2) is 0 Å². The van der Waals surface area contributed by atoms with Gasteiger partial charge in [0.1, 0.15) is 0 Å². The van der Waals surface area contributed by atoms with E-state index in [9.17, 15) is 4.79 Å². The molecular formula is C12H19NOS2. The van der Waals surface area contributed by atoms with Crippen LogP contribution in [0, 0.1) is 0 Å². The Morgan fingerprint density at radius 3 is 2.81 bits per heavy atom. The lowest BCUT2D eigenvalue weighted by Gasteiger charge is -2.16. The standard InChI is InChI=1S/C12H19NOS2/c1-12(2,3)16-9-11(14)13-7-6-10-5-4-8-15-10/h4-5,8H,6-7,9H2,1-3H3,(H,13,14). The van der Waals surface area contributed by atoms with Gasteiger partial charge in [-0.05, 0) is 17.9 Å². The minimum Gasteiger partial charge on any atom is -0.355 e. The van der Waals surface area contributed by atoms with E-state index in [-0.39, 0.29) is 10.7 Å². The van der Waals surface area contributed by atoms with Gasteiger partial charge in [-0.25, -0.2) is 0 Å². The van der Waals surface area contributed by atoms with Crippen LogP contribution >= 0.6 is 23.1 Å². The maximum Gasteiger partial charge on any atom is 0.230 e. The van der Waals surface area contributed by atoms with Crippen molar-refractivity contribution in [3.05, 3.63) is 22.4 Å². The van der Waals surface area contributed by atoms with E-state index in [2.05, 4.69) is 37.5 Å². The SMILES string of the molecule is CC(C)(C)SCC(=O)NCCc1cccs1. The van der Waals surface area contributed by atoms with Gasteiger partial charge < -0.3 is 5.32 Å². The Hall–Kier alpha value is -0.480. The van der Waals surface area contributed by atoms with Crippen molar-refractivity contribution in [3.8, 4) is 0 Å². The molecule has 0 aromatic carbocycles. The normalized spacial score (nSPS) is 11.4. The Bertz CT molecular complexity index is 314. The van der Waals surface area contributed by atoms with Crippen LogP contribution < -0.4 is 5.32 Å². The Kier molecular flexibility index (Phi) is 5.35. The van der Waals surface area contributed by atoms with Crippen LogP contribution in [0.25, 0.3) is 0 Å². The summed E-state index contributed by atoms with van der Waals surface area (Å²) in [6.07, 6.45) is 0.934. The van der Waals surface area contributed by atoms with Gasteiger partial charge in [0, 0.05) is 16.2 Å². The molecule has 16 heavy (non-hydrogen) atoms. The lowest BCUT2D eigenvalue weighted by atomic mass is 10.3. The van der Waals surface area contributed by atoms with Gasteiger partial charge in [0.05, 0.1) is 5.75 Å². The summed E-state index contributed by atoms with van der Waals surface area (Å²) in [5.74, 6) is 0.685. The average Bonchev–Trinajstić information content (AvgIpc) is 2.66. The third-order valence-corrected chi connectivity index (χ3v) is 4.12. The molecule has 0 radical (unpaired) electrons. The predicted molar refractivity (Wildman–Crippen MR) is 73.2 cm³/mol. The van der Waals surface area contributed by atoms with Gasteiger partial charge in [-0.3, -0.25) is 4.79 Å². The lowest BCUT2D eigenvalue weighted by molar-refractivity contribution is -0.118. The molecule has 2 nitrogen and oxygen atoms in total. The molecule has 0 spiro atoms. The summed E-state index contributed by atoms with van der Waals surface area (Å²) >= 11 is 3.42. The number of thioether (sulfide) groups is 1. The second-order valence-electron chi connectivity index (χ2n) is 4.58. The highest BCUT2D eigenvalue weighted by atomic mass is 32.2. The molecule has 0 unspecified atom stereocenters. The van der Waals surface area contributed by atoms with Crippen molar-refractivity contribution in [1.82, 2.24) is 5.32 Å². The zero-order valence-electron chi connectivity index (χ0n) is 10.1. The van der Waals surface area contributed by atoms with Crippen molar-refractivity contribution in [2.45, 2.75) is 31.9 Å². The van der Waals surface area contributed by atoms with E-state index in [4.69, 9.17) is 0 Å². The number of amides is 1. The molecule has 1 amide bonds. The van der Waals surface area contributed by atoms with Gasteiger partial charge in [0.2, 0.25) is 5.91 Å². The van der Waals surface area contributed by atoms with Crippen molar-refractivity contribution in [2.24, 2.45) is 0 Å². The molecule has 90 valence electrons. The molecule has 1 heterocycles. The second-order valence-corrected chi connectivity index (χ2v) is 7.41. The van der Waals surface area contributed by atoms with Crippen LogP contribution in [0.2, 0.25) is 0 Å². The van der Waals surface area contributed by atoms with Gasteiger partial charge >= 0.3 is 0 Å². The van der Waals surface area contributed by atoms with E-state index in [1.165, 1.54) is 4.88 Å². The van der Waals surface area contributed by atoms with E-state index >= 15 is 0 Å². The van der Waals surface area contributed by atoms with Crippen LogP contribution in [0.1, 0.15) is 25.6 Å². The predicted octanol–water partition coefficient (Wildman–Crippen LogP) is 2.94. The Labute approximate surface area is 106 Å². The topological polar surface area (TPSA) is 29.1 Å². The first-order valence-electron chi connectivity index (χ1n) is 5.40. The number of carbonyl (C=O) groups excluding carboxylic acids is 1. The van der Waals surface area contributed by atoms with Crippen LogP contribution in [-0.2, 0) is 11.2 Å². The molecule has 0 saturated carbocycles. The fourth-order valence-electron chi connectivity index (χ4n) is 1.11. The van der Waals surface area contributed by atoms with E-state index in [1.54, 1.807) is 23.1 Å². The molecular weight excluding hydrogens is 238 g/mol. The van der Waals surface area contributed by atoms with Crippen LogP contribution in [0.15, 0.2) is 17.5 Å². The first-order chi connectivity index (χ1) is 7.47. The maximum absolute atomic E-state index is 11.5. The molecule has 1 N–H and O–H groups in total. The van der Waals surface area contributed by atoms with Crippen molar-refractivity contribution in [3.63, 3.8) is 0 Å². The van der Waals surface area contributed by atoms with Crippen LogP contribution in [0.4, 0.5) is 0 Å². The maximum atomic E-state index is 11.5. The fourth-order valence-corrected chi connectivity index (χ4v) is 2.49. The van der Waals surface area contributed by atoms with Gasteiger partial charge in [-0.15, -0.1) is 23.1 Å². The van der Waals surface area contributed by atoms with E-state index < -0.39 is 0 Å². The van der Waals surface area contributed by atoms with Crippen molar-refractivity contribution >= 4 is 29.0 Å². The molecule has 0 aliphatic rings. The lowest BCUT2D eigenvalue weighted by Crippen LogP contribution is -2.28. The minimum atomic E-state index is 0.136. The summed E-state index contributed by atoms with van der Waals surface area (Å²) < 4.78 is 0.158. The summed E-state index contributed by atoms with van der Waals surface area (Å²) in [5.41, 5.74) is 0. The highest BCUT2D eigenvalue weighted by Crippen LogP contribution is 2.22. The molecule has 0 saturated heterocycles. The number of nitrogens with one attached hydrogen (secondary N) is 1. The number of hydrogen-bond donors (Lipinski definition) is 1. The zero-order chi connectivity index (χ0) is 12.0. The van der Waals surface area contributed by atoms with Gasteiger partial charge in [-0.1, -0.05) is 26.8 Å². The van der Waals surface area contributed by atoms with Crippen molar-refractivity contribution in [2.75, 3.05) is 12.3 Å². The first kappa shape index (κ1) is 13.6. The molecule has 4 heteroatoms.